The van der Waals surface area contributed by atoms with E-state index in [4.69, 9.17) is 0 Å². The van der Waals surface area contributed by atoms with Gasteiger partial charge in [-0.05, 0) is 26.3 Å². The number of hydrogen-bond acceptors (Lipinski definition) is 3. The van der Waals surface area contributed by atoms with Crippen LogP contribution in [0.25, 0.3) is 0 Å². The molecule has 0 spiro atoms. The van der Waals surface area contributed by atoms with Crippen LogP contribution in [-0.4, -0.2) is 21.7 Å². The Bertz CT molecular complexity index is 486. The summed E-state index contributed by atoms with van der Waals surface area (Å²) in [4.78, 5) is 22.5. The molecule has 0 saturated carbocycles. The summed E-state index contributed by atoms with van der Waals surface area (Å²) < 4.78 is 0. The Balaban J connectivity index is 3.17. The lowest BCUT2D eigenvalue weighted by atomic mass is 10.0. The van der Waals surface area contributed by atoms with Crippen molar-refractivity contribution in [1.82, 2.24) is 5.32 Å². The van der Waals surface area contributed by atoms with Crippen LogP contribution in [0.5, 0.6) is 0 Å². The third-order valence-electron chi connectivity index (χ3n) is 2.46. The van der Waals surface area contributed by atoms with Crippen molar-refractivity contribution in [2.45, 2.75) is 26.3 Å². The van der Waals surface area contributed by atoms with Crippen molar-refractivity contribution < 1.29 is 9.72 Å². The number of nitrogens with zero attached hydrogens (tertiary/aromatic N) is 1. The molecule has 0 radical (unpaired) electrons. The van der Waals surface area contributed by atoms with Crippen molar-refractivity contribution >= 4 is 27.5 Å². The van der Waals surface area contributed by atoms with Gasteiger partial charge in [0, 0.05) is 16.9 Å². The van der Waals surface area contributed by atoms with Gasteiger partial charge in [-0.1, -0.05) is 28.1 Å². The van der Waals surface area contributed by atoms with E-state index in [0.717, 1.165) is 0 Å². The van der Waals surface area contributed by atoms with Crippen molar-refractivity contribution in [3.8, 4) is 0 Å². The van der Waals surface area contributed by atoms with Gasteiger partial charge in [0.15, 0.2) is 0 Å². The van der Waals surface area contributed by atoms with E-state index < -0.39 is 16.4 Å². The van der Waals surface area contributed by atoms with Gasteiger partial charge in [0.05, 0.1) is 4.92 Å². The van der Waals surface area contributed by atoms with Crippen LogP contribution >= 0.6 is 15.9 Å². The van der Waals surface area contributed by atoms with Crippen LogP contribution in [-0.2, 0) is 0 Å². The highest BCUT2D eigenvalue weighted by atomic mass is 79.9. The zero-order valence-electron chi connectivity index (χ0n) is 10.5. The molecule has 18 heavy (non-hydrogen) atoms. The van der Waals surface area contributed by atoms with Gasteiger partial charge in [0.25, 0.3) is 11.6 Å². The molecule has 1 aromatic carbocycles. The molecule has 1 rings (SSSR count). The number of nitro benzene ring substituents is 1. The van der Waals surface area contributed by atoms with Crippen LogP contribution in [0.15, 0.2) is 18.2 Å². The first-order chi connectivity index (χ1) is 8.28. The highest BCUT2D eigenvalue weighted by Gasteiger charge is 2.26. The topological polar surface area (TPSA) is 72.2 Å². The maximum atomic E-state index is 12.1. The van der Waals surface area contributed by atoms with Crippen LogP contribution in [0, 0.1) is 17.0 Å². The smallest absolute Gasteiger partial charge is 0.282 e. The highest BCUT2D eigenvalue weighted by Crippen LogP contribution is 2.22. The van der Waals surface area contributed by atoms with E-state index >= 15 is 0 Å². The molecule has 6 heteroatoms. The second-order valence-corrected chi connectivity index (χ2v) is 5.26. The molecule has 98 valence electrons. The van der Waals surface area contributed by atoms with Crippen molar-refractivity contribution in [2.75, 3.05) is 5.33 Å². The summed E-state index contributed by atoms with van der Waals surface area (Å²) in [6.45, 7) is 5.36. The molecule has 0 unspecified atom stereocenters. The monoisotopic (exact) mass is 314 g/mol. The third-order valence-corrected chi connectivity index (χ3v) is 3.86. The number of carbonyl (C=O) groups is 1. The van der Waals surface area contributed by atoms with Crippen molar-refractivity contribution in [2.24, 2.45) is 0 Å². The number of rotatable bonds is 4. The molecule has 0 bridgehead atoms. The van der Waals surface area contributed by atoms with E-state index in [1.807, 2.05) is 13.8 Å². The highest BCUT2D eigenvalue weighted by molar-refractivity contribution is 9.09. The Morgan fingerprint density at radius 1 is 1.50 bits per heavy atom. The van der Waals surface area contributed by atoms with Crippen molar-refractivity contribution in [3.05, 3.63) is 39.4 Å². The number of aryl methyl sites for hydroxylation is 1. The third kappa shape index (κ3) is 3.29. The fourth-order valence-electron chi connectivity index (χ4n) is 1.50. The molecule has 1 aromatic rings. The lowest BCUT2D eigenvalue weighted by Crippen LogP contribution is -2.45. The molecule has 0 fully saturated rings. The van der Waals surface area contributed by atoms with Crippen LogP contribution in [0.1, 0.15) is 29.8 Å². The molecule has 0 aromatic heterocycles. The molecular formula is C12H15BrN2O3. The van der Waals surface area contributed by atoms with E-state index in [0.29, 0.717) is 10.9 Å². The first-order valence-corrected chi connectivity index (χ1v) is 6.53. The molecule has 0 aliphatic rings. The molecular weight excluding hydrogens is 300 g/mol. The van der Waals surface area contributed by atoms with Crippen LogP contribution < -0.4 is 5.32 Å². The van der Waals surface area contributed by atoms with E-state index in [-0.39, 0.29) is 11.3 Å². The number of carbonyl (C=O) groups excluding carboxylic acids is 1. The van der Waals surface area contributed by atoms with Gasteiger partial charge in [0.2, 0.25) is 0 Å². The lowest BCUT2D eigenvalue weighted by molar-refractivity contribution is -0.385. The Morgan fingerprint density at radius 2 is 2.11 bits per heavy atom. The second kappa shape index (κ2) is 5.48. The summed E-state index contributed by atoms with van der Waals surface area (Å²) in [5.74, 6) is -0.427. The van der Waals surface area contributed by atoms with Crippen LogP contribution in [0.3, 0.4) is 0 Å². The molecule has 0 atom stereocenters. The van der Waals surface area contributed by atoms with Crippen molar-refractivity contribution in [3.63, 3.8) is 0 Å². The van der Waals surface area contributed by atoms with Gasteiger partial charge in [-0.15, -0.1) is 0 Å². The van der Waals surface area contributed by atoms with Gasteiger partial charge in [-0.3, -0.25) is 14.9 Å². The van der Waals surface area contributed by atoms with Crippen molar-refractivity contribution in [1.29, 1.82) is 0 Å². The van der Waals surface area contributed by atoms with Gasteiger partial charge in [0.1, 0.15) is 5.56 Å². The quantitative estimate of drug-likeness (QED) is 0.527. The minimum absolute atomic E-state index is 0.122. The van der Waals surface area contributed by atoms with Gasteiger partial charge in [-0.25, -0.2) is 0 Å². The lowest BCUT2D eigenvalue weighted by Gasteiger charge is -2.23. The summed E-state index contributed by atoms with van der Waals surface area (Å²) >= 11 is 3.29. The summed E-state index contributed by atoms with van der Waals surface area (Å²) in [5.41, 5.74) is 0.0780. The fourth-order valence-corrected chi connectivity index (χ4v) is 1.64. The number of amides is 1. The predicted octanol–water partition coefficient (Wildman–Crippen LogP) is 2.81. The Labute approximate surface area is 114 Å². The summed E-state index contributed by atoms with van der Waals surface area (Å²) in [6.07, 6.45) is 0. The fraction of sp³-hybridized carbons (Fsp3) is 0.417. The summed E-state index contributed by atoms with van der Waals surface area (Å²) in [5, 5.41) is 14.3. The van der Waals surface area contributed by atoms with E-state index in [2.05, 4.69) is 21.2 Å². The summed E-state index contributed by atoms with van der Waals surface area (Å²) in [6, 6.07) is 4.59. The standard InChI is InChI=1S/C12H15BrN2O3/c1-8-5-4-6-9(15(17)18)10(8)11(16)14-12(2,3)7-13/h4-6H,7H2,1-3H3,(H,14,16). The van der Waals surface area contributed by atoms with E-state index in [1.54, 1.807) is 19.1 Å². The Hall–Kier alpha value is -1.43. The zero-order chi connectivity index (χ0) is 13.9. The van der Waals surface area contributed by atoms with Crippen LogP contribution in [0.2, 0.25) is 0 Å². The molecule has 0 heterocycles. The number of nitro groups is 1. The number of hydrogen-bond donors (Lipinski definition) is 1. The Kier molecular flexibility index (Phi) is 4.45. The molecule has 1 amide bonds. The minimum Gasteiger partial charge on any atom is -0.346 e. The molecule has 5 nitrogen and oxygen atoms in total. The zero-order valence-corrected chi connectivity index (χ0v) is 12.1. The van der Waals surface area contributed by atoms with Gasteiger partial charge >= 0.3 is 0 Å². The molecule has 0 aliphatic carbocycles. The summed E-state index contributed by atoms with van der Waals surface area (Å²) in [7, 11) is 0. The average molecular weight is 315 g/mol. The molecule has 0 aliphatic heterocycles. The number of nitrogens with one attached hydrogen (secondary N) is 1. The van der Waals surface area contributed by atoms with E-state index in [1.165, 1.54) is 6.07 Å². The number of benzene rings is 1. The first-order valence-electron chi connectivity index (χ1n) is 5.41. The predicted molar refractivity (Wildman–Crippen MR) is 73.2 cm³/mol. The maximum Gasteiger partial charge on any atom is 0.282 e. The maximum absolute atomic E-state index is 12.1. The van der Waals surface area contributed by atoms with Gasteiger partial charge < -0.3 is 5.32 Å². The van der Waals surface area contributed by atoms with Gasteiger partial charge in [-0.2, -0.15) is 0 Å². The minimum atomic E-state index is -0.539. The first kappa shape index (κ1) is 14.6. The second-order valence-electron chi connectivity index (χ2n) is 4.70. The number of halogens is 1. The molecule has 0 saturated heterocycles. The average Bonchev–Trinajstić information content (AvgIpc) is 2.27. The Morgan fingerprint density at radius 3 is 2.61 bits per heavy atom. The van der Waals surface area contributed by atoms with E-state index in [9.17, 15) is 14.9 Å². The van der Waals surface area contributed by atoms with Crippen LogP contribution in [0.4, 0.5) is 5.69 Å². The normalized spacial score (nSPS) is 11.1. The SMILES string of the molecule is Cc1cccc([N+](=O)[O-])c1C(=O)NC(C)(C)CBr. The number of alkyl halides is 1. The largest absolute Gasteiger partial charge is 0.346 e. The molecule has 1 N–H and O–H groups in total.